The van der Waals surface area contributed by atoms with Crippen molar-refractivity contribution in [3.8, 4) is 5.75 Å². The maximum atomic E-state index is 12.6. The van der Waals surface area contributed by atoms with Gasteiger partial charge in [0.25, 0.3) is 11.1 Å². The van der Waals surface area contributed by atoms with Crippen molar-refractivity contribution in [2.75, 3.05) is 19.0 Å². The lowest BCUT2D eigenvalue weighted by molar-refractivity contribution is -0.123. The second-order valence-electron chi connectivity index (χ2n) is 6.75. The predicted octanol–water partition coefficient (Wildman–Crippen LogP) is 4.50. The third-order valence-electron chi connectivity index (χ3n) is 4.56. The minimum absolute atomic E-state index is 0.000932. The van der Waals surface area contributed by atoms with Gasteiger partial charge in [0.1, 0.15) is 5.75 Å². The molecule has 0 saturated carbocycles. The van der Waals surface area contributed by atoms with Crippen LogP contribution in [0.3, 0.4) is 0 Å². The summed E-state index contributed by atoms with van der Waals surface area (Å²) in [7, 11) is 1.56. The lowest BCUT2D eigenvalue weighted by atomic mass is 10.1. The first-order chi connectivity index (χ1) is 15.3. The number of amides is 3. The van der Waals surface area contributed by atoms with Crippen molar-refractivity contribution in [2.24, 2.45) is 0 Å². The van der Waals surface area contributed by atoms with Crippen LogP contribution in [-0.2, 0) is 9.59 Å². The van der Waals surface area contributed by atoms with Crippen molar-refractivity contribution in [3.63, 3.8) is 0 Å². The number of aromatic carboxylic acids is 1. The average Bonchev–Trinajstić information content (AvgIpc) is 3.02. The van der Waals surface area contributed by atoms with E-state index in [1.807, 2.05) is 0 Å². The second kappa shape index (κ2) is 10.3. The van der Waals surface area contributed by atoms with Gasteiger partial charge in [-0.1, -0.05) is 23.7 Å². The Morgan fingerprint density at radius 3 is 2.56 bits per heavy atom. The highest BCUT2D eigenvalue weighted by molar-refractivity contribution is 8.18. The number of nitrogens with zero attached hydrogens (tertiary/aromatic N) is 1. The Kier molecular flexibility index (Phi) is 7.55. The van der Waals surface area contributed by atoms with Gasteiger partial charge in [-0.2, -0.15) is 0 Å². The number of hydrogen-bond donors (Lipinski definition) is 2. The smallest absolute Gasteiger partial charge is 0.337 e. The van der Waals surface area contributed by atoms with Crippen LogP contribution in [0.4, 0.5) is 10.5 Å². The molecule has 3 amide bonds. The summed E-state index contributed by atoms with van der Waals surface area (Å²) >= 11 is 6.64. The lowest BCUT2D eigenvalue weighted by Crippen LogP contribution is -2.29. The summed E-state index contributed by atoms with van der Waals surface area (Å²) in [6.45, 7) is 0.0739. The molecule has 1 fully saturated rings. The van der Waals surface area contributed by atoms with Gasteiger partial charge in [-0.05, 0) is 60.2 Å². The van der Waals surface area contributed by atoms with E-state index in [2.05, 4.69) is 5.32 Å². The lowest BCUT2D eigenvalue weighted by Gasteiger charge is -2.13. The summed E-state index contributed by atoms with van der Waals surface area (Å²) < 4.78 is 5.10. The summed E-state index contributed by atoms with van der Waals surface area (Å²) in [5, 5.41) is 11.6. The zero-order valence-corrected chi connectivity index (χ0v) is 18.5. The third kappa shape index (κ3) is 5.68. The van der Waals surface area contributed by atoms with Crippen molar-refractivity contribution < 1.29 is 29.0 Å². The van der Waals surface area contributed by atoms with Gasteiger partial charge < -0.3 is 15.2 Å². The van der Waals surface area contributed by atoms with Crippen molar-refractivity contribution in [1.82, 2.24) is 4.90 Å². The van der Waals surface area contributed by atoms with Crippen LogP contribution in [-0.4, -0.2) is 46.7 Å². The average molecular weight is 475 g/mol. The molecule has 0 aromatic heterocycles. The van der Waals surface area contributed by atoms with Gasteiger partial charge in [0.05, 0.1) is 23.3 Å². The number of rotatable bonds is 8. The number of carbonyl (C=O) groups is 4. The Labute approximate surface area is 193 Å². The highest BCUT2D eigenvalue weighted by Gasteiger charge is 2.34. The number of thioether (sulfide) groups is 1. The van der Waals surface area contributed by atoms with Crippen LogP contribution in [0.5, 0.6) is 5.75 Å². The molecule has 2 N–H and O–H groups in total. The zero-order chi connectivity index (χ0) is 23.3. The Bertz CT molecular complexity index is 1100. The molecule has 1 heterocycles. The molecule has 0 aliphatic carbocycles. The van der Waals surface area contributed by atoms with Crippen molar-refractivity contribution >= 4 is 58.1 Å². The molecule has 2 aromatic carbocycles. The molecule has 32 heavy (non-hydrogen) atoms. The Morgan fingerprint density at radius 1 is 1.19 bits per heavy atom. The van der Waals surface area contributed by atoms with E-state index in [1.54, 1.807) is 37.5 Å². The molecule has 8 nitrogen and oxygen atoms in total. The Morgan fingerprint density at radius 2 is 1.91 bits per heavy atom. The molecular formula is C22H19ClN2O6S. The molecule has 3 rings (SSSR count). The number of hydrogen-bond acceptors (Lipinski definition) is 6. The third-order valence-corrected chi connectivity index (χ3v) is 5.70. The predicted molar refractivity (Wildman–Crippen MR) is 122 cm³/mol. The number of nitrogens with one attached hydrogen (secondary N) is 1. The van der Waals surface area contributed by atoms with E-state index in [-0.39, 0.29) is 35.7 Å². The summed E-state index contributed by atoms with van der Waals surface area (Å²) in [4.78, 5) is 49.7. The van der Waals surface area contributed by atoms with E-state index < -0.39 is 23.0 Å². The number of carboxylic acids is 1. The van der Waals surface area contributed by atoms with Gasteiger partial charge in [0.15, 0.2) is 0 Å². The first kappa shape index (κ1) is 23.4. The number of halogens is 1. The summed E-state index contributed by atoms with van der Waals surface area (Å²) in [6, 6.07) is 11.2. The molecule has 0 bridgehead atoms. The SMILES string of the molecule is COc1ccc(/C=C2\SC(=O)N(CCCC(=O)Nc3ccc(Cl)cc3C(=O)O)C2=O)cc1. The van der Waals surface area contributed by atoms with E-state index in [1.165, 1.54) is 18.2 Å². The molecule has 1 aliphatic heterocycles. The fraction of sp³-hybridized carbons (Fsp3) is 0.182. The minimum atomic E-state index is -1.22. The number of carboxylic acid groups (broad SMARTS) is 1. The maximum Gasteiger partial charge on any atom is 0.337 e. The topological polar surface area (TPSA) is 113 Å². The number of benzene rings is 2. The Balaban J connectivity index is 1.56. The highest BCUT2D eigenvalue weighted by atomic mass is 35.5. The van der Waals surface area contributed by atoms with Crippen LogP contribution in [0, 0.1) is 0 Å². The van der Waals surface area contributed by atoms with Crippen LogP contribution in [0.2, 0.25) is 5.02 Å². The van der Waals surface area contributed by atoms with E-state index in [9.17, 15) is 24.3 Å². The van der Waals surface area contributed by atoms with E-state index in [0.29, 0.717) is 10.7 Å². The van der Waals surface area contributed by atoms with E-state index in [0.717, 1.165) is 22.2 Å². The monoisotopic (exact) mass is 474 g/mol. The molecule has 1 aliphatic rings. The van der Waals surface area contributed by atoms with Crippen molar-refractivity contribution in [2.45, 2.75) is 12.8 Å². The largest absolute Gasteiger partial charge is 0.497 e. The van der Waals surface area contributed by atoms with Gasteiger partial charge in [0.2, 0.25) is 5.91 Å². The van der Waals surface area contributed by atoms with Gasteiger partial charge in [-0.3, -0.25) is 19.3 Å². The van der Waals surface area contributed by atoms with Crippen molar-refractivity contribution in [1.29, 1.82) is 0 Å². The first-order valence-corrected chi connectivity index (χ1v) is 10.7. The highest BCUT2D eigenvalue weighted by Crippen LogP contribution is 2.32. The molecule has 166 valence electrons. The molecule has 1 saturated heterocycles. The fourth-order valence-corrected chi connectivity index (χ4v) is 3.99. The molecular weight excluding hydrogens is 456 g/mol. The normalized spacial score (nSPS) is 14.7. The van der Waals surface area contributed by atoms with Crippen LogP contribution < -0.4 is 10.1 Å². The summed E-state index contributed by atoms with van der Waals surface area (Å²) in [5.41, 5.74) is 0.758. The van der Waals surface area contributed by atoms with Crippen LogP contribution in [0.1, 0.15) is 28.8 Å². The van der Waals surface area contributed by atoms with Crippen LogP contribution in [0.15, 0.2) is 47.4 Å². The van der Waals surface area contributed by atoms with Crippen LogP contribution >= 0.6 is 23.4 Å². The molecule has 2 aromatic rings. The molecule has 0 atom stereocenters. The van der Waals surface area contributed by atoms with Crippen molar-refractivity contribution in [3.05, 3.63) is 63.5 Å². The quantitative estimate of drug-likeness (QED) is 0.541. The molecule has 10 heteroatoms. The van der Waals surface area contributed by atoms with E-state index in [4.69, 9.17) is 16.3 Å². The minimum Gasteiger partial charge on any atom is -0.497 e. The number of ether oxygens (including phenoxy) is 1. The number of anilines is 1. The van der Waals surface area contributed by atoms with Gasteiger partial charge in [0, 0.05) is 18.0 Å². The molecule has 0 spiro atoms. The first-order valence-electron chi connectivity index (χ1n) is 9.50. The Hall–Kier alpha value is -3.30. The maximum absolute atomic E-state index is 12.6. The van der Waals surface area contributed by atoms with Gasteiger partial charge >= 0.3 is 5.97 Å². The second-order valence-corrected chi connectivity index (χ2v) is 8.18. The zero-order valence-electron chi connectivity index (χ0n) is 17.0. The standard InChI is InChI=1S/C22H19ClN2O6S/c1-31-15-7-4-13(5-8-15)11-18-20(27)25(22(30)32-18)10-2-3-19(26)24-17-9-6-14(23)12-16(17)21(28)29/h4-9,11-12H,2-3,10H2,1H3,(H,24,26)(H,28,29)/b18-11-. The number of methoxy groups -OCH3 is 1. The van der Waals surface area contributed by atoms with Gasteiger partial charge in [-0.15, -0.1) is 0 Å². The number of imide groups is 1. The molecule has 0 unspecified atom stereocenters. The summed E-state index contributed by atoms with van der Waals surface area (Å²) in [5.74, 6) is -1.38. The van der Waals surface area contributed by atoms with Crippen LogP contribution in [0.25, 0.3) is 6.08 Å². The molecule has 0 radical (unpaired) electrons. The fourth-order valence-electron chi connectivity index (χ4n) is 2.96. The summed E-state index contributed by atoms with van der Waals surface area (Å²) in [6.07, 6.45) is 1.86. The number of carbonyl (C=O) groups excluding carboxylic acids is 3. The van der Waals surface area contributed by atoms with E-state index >= 15 is 0 Å². The van der Waals surface area contributed by atoms with Gasteiger partial charge in [-0.25, -0.2) is 4.79 Å².